The number of hydrogen-bond donors (Lipinski definition) is 2. The molecule has 0 radical (unpaired) electrons. The summed E-state index contributed by atoms with van der Waals surface area (Å²) in [5.41, 5.74) is -7.15. The molecule has 0 unspecified atom stereocenters. The van der Waals surface area contributed by atoms with E-state index < -0.39 is 104 Å². The second-order valence-corrected chi connectivity index (χ2v) is 18.5. The monoisotopic (exact) mass is 868 g/mol. The number of alkyl halides is 14. The minimum Gasteiger partial charge on any atom is -0.385 e. The molecule has 57 heavy (non-hydrogen) atoms. The van der Waals surface area contributed by atoms with Gasteiger partial charge in [0, 0.05) is 29.6 Å². The highest BCUT2D eigenvalue weighted by atomic mass is 32.2. The Morgan fingerprint density at radius 2 is 1.32 bits per heavy atom. The van der Waals surface area contributed by atoms with E-state index in [4.69, 9.17) is 9.47 Å². The number of ether oxygens (including phenoxy) is 2. The molecule has 1 aromatic rings. The smallest absolute Gasteiger partial charge is 0.385 e. The van der Waals surface area contributed by atoms with Gasteiger partial charge < -0.3 is 23.9 Å². The quantitative estimate of drug-likeness (QED) is 0.160. The average Bonchev–Trinajstić information content (AvgIpc) is 3.35. The van der Waals surface area contributed by atoms with Crippen LogP contribution in [0.15, 0.2) is 35.4 Å². The van der Waals surface area contributed by atoms with Gasteiger partial charge in [-0.1, -0.05) is 38.5 Å². The average molecular weight is 869 g/mol. The lowest BCUT2D eigenvalue weighted by atomic mass is 9.49. The molecule has 1 heterocycles. The van der Waals surface area contributed by atoms with E-state index >= 15 is 8.78 Å². The van der Waals surface area contributed by atoms with Crippen LogP contribution in [0, 0.1) is 22.7 Å². The number of fused-ring (bicyclic) bond motifs is 4. The number of allylic oxidation sites excluding steroid dienone is 1. The van der Waals surface area contributed by atoms with Gasteiger partial charge in [-0.15, -0.1) is 0 Å². The summed E-state index contributed by atoms with van der Waals surface area (Å²) in [6.07, 6.45) is -15.3. The van der Waals surface area contributed by atoms with E-state index in [2.05, 4.69) is 4.18 Å². The van der Waals surface area contributed by atoms with Crippen molar-refractivity contribution in [2.45, 2.75) is 130 Å². The Morgan fingerprint density at radius 3 is 1.84 bits per heavy atom. The van der Waals surface area contributed by atoms with Gasteiger partial charge in [0.05, 0.1) is 18.8 Å². The predicted molar refractivity (Wildman–Crippen MR) is 168 cm³/mol. The molecule has 6 rings (SSSR count). The van der Waals surface area contributed by atoms with Crippen LogP contribution in [0.3, 0.4) is 0 Å². The van der Waals surface area contributed by atoms with Crippen molar-refractivity contribution in [2.75, 3.05) is 13.2 Å². The lowest BCUT2D eigenvalue weighted by Gasteiger charge is -2.59. The van der Waals surface area contributed by atoms with Crippen molar-refractivity contribution in [1.29, 1.82) is 0 Å². The normalized spacial score (nSPS) is 33.8. The molecular formula is C35H38F14O7S. The van der Waals surface area contributed by atoms with Gasteiger partial charge in [-0.3, -0.25) is 0 Å². The maximum Gasteiger partial charge on any atom is 0.460 e. The fourth-order valence-corrected chi connectivity index (χ4v) is 10.7. The van der Waals surface area contributed by atoms with E-state index in [0.29, 0.717) is 23.3 Å². The Labute approximate surface area is 316 Å². The number of halogens is 14. The first-order chi connectivity index (χ1) is 25.6. The summed E-state index contributed by atoms with van der Waals surface area (Å²) in [4.78, 5) is 0. The minimum absolute atomic E-state index is 0.0153. The Balaban J connectivity index is 1.41. The Hall–Kier alpha value is -2.43. The number of benzene rings is 1. The molecule has 4 fully saturated rings. The molecule has 324 valence electrons. The van der Waals surface area contributed by atoms with Crippen LogP contribution >= 0.6 is 0 Å². The molecule has 1 aromatic carbocycles. The fraction of sp³-hybridized carbons (Fsp3) is 0.771. The standard InChI is InChI=1S/C35H38F14O7S/c1-25(2)16-54-28(55-17-25)12-9-23-24-20(8-11-27(23,50)15-28)22-10-13-29(51,30(36,37)33(42,43)44)26(22,3)14-21(24)18-4-6-19(7-5-18)56-57(52,53)35(48,49)32(40,41)31(38,39)34(45,46)47/h4-7,20-22,50-51H,8-17H2,1-3H3/t20-,21+,22-,26-,27+,29-/m0/s1. The molecule has 1 saturated heterocycles. The van der Waals surface area contributed by atoms with E-state index in [0.717, 1.165) is 19.1 Å². The second-order valence-electron chi connectivity index (χ2n) is 17.0. The summed E-state index contributed by atoms with van der Waals surface area (Å²) in [7, 11) is -7.34. The zero-order chi connectivity index (χ0) is 43.1. The molecule has 3 saturated carbocycles. The van der Waals surface area contributed by atoms with Gasteiger partial charge in [-0.2, -0.15) is 69.9 Å². The lowest BCUT2D eigenvalue weighted by Crippen LogP contribution is -2.65. The van der Waals surface area contributed by atoms with Crippen LogP contribution in [0.5, 0.6) is 5.75 Å². The van der Waals surface area contributed by atoms with Gasteiger partial charge >= 0.3 is 45.5 Å². The van der Waals surface area contributed by atoms with E-state index in [1.807, 2.05) is 13.8 Å². The molecule has 0 aromatic heterocycles. The summed E-state index contributed by atoms with van der Waals surface area (Å²) in [6, 6.07) is 2.74. The van der Waals surface area contributed by atoms with Crippen LogP contribution in [0.1, 0.15) is 83.6 Å². The highest BCUT2D eigenvalue weighted by Gasteiger charge is 2.86. The van der Waals surface area contributed by atoms with Crippen molar-refractivity contribution in [3.63, 3.8) is 0 Å². The van der Waals surface area contributed by atoms with Crippen molar-refractivity contribution >= 4 is 10.1 Å². The molecule has 4 aliphatic carbocycles. The van der Waals surface area contributed by atoms with Gasteiger partial charge in [0.1, 0.15) is 11.4 Å². The summed E-state index contributed by atoms with van der Waals surface area (Å²) >= 11 is 0. The molecule has 0 bridgehead atoms. The van der Waals surface area contributed by atoms with Gasteiger partial charge in [0.25, 0.3) is 0 Å². The summed E-state index contributed by atoms with van der Waals surface area (Å²) in [6.45, 7) is 5.40. The maximum absolute atomic E-state index is 15.4. The van der Waals surface area contributed by atoms with Gasteiger partial charge in [-0.25, -0.2) is 0 Å². The van der Waals surface area contributed by atoms with E-state index in [9.17, 15) is 71.3 Å². The van der Waals surface area contributed by atoms with E-state index in [-0.39, 0.29) is 62.7 Å². The van der Waals surface area contributed by atoms with Crippen LogP contribution in [0.2, 0.25) is 0 Å². The minimum atomic E-state index is -7.58. The van der Waals surface area contributed by atoms with Crippen molar-refractivity contribution in [1.82, 2.24) is 0 Å². The summed E-state index contributed by atoms with van der Waals surface area (Å²) in [5, 5.41) is 16.5. The molecule has 7 nitrogen and oxygen atoms in total. The van der Waals surface area contributed by atoms with Crippen molar-refractivity contribution in [3.05, 3.63) is 41.0 Å². The first-order valence-electron chi connectivity index (χ1n) is 17.7. The Bertz CT molecular complexity index is 1890. The first-order valence-corrected chi connectivity index (χ1v) is 19.1. The molecule has 22 heteroatoms. The van der Waals surface area contributed by atoms with Crippen molar-refractivity contribution < 1.29 is 93.8 Å². The summed E-state index contributed by atoms with van der Waals surface area (Å²) in [5.74, 6) is -26.4. The zero-order valence-corrected chi connectivity index (χ0v) is 31.1. The molecule has 6 atom stereocenters. The van der Waals surface area contributed by atoms with Crippen molar-refractivity contribution in [3.8, 4) is 5.75 Å². The van der Waals surface area contributed by atoms with Crippen molar-refractivity contribution in [2.24, 2.45) is 22.7 Å². The third-order valence-electron chi connectivity index (χ3n) is 12.8. The topological polar surface area (TPSA) is 102 Å². The maximum atomic E-state index is 15.4. The van der Waals surface area contributed by atoms with Crippen LogP contribution in [-0.4, -0.2) is 84.2 Å². The predicted octanol–water partition coefficient (Wildman–Crippen LogP) is 9.04. The SMILES string of the molecule is CC1(C)COC2(CCC3=C4[C@@H](CC[C@@]3(O)C2)[C@@H]2CC[C@@](O)(C(F)(F)C(F)(F)F)[C@@]2(C)C[C@@H]4c2ccc(OS(=O)(=O)C(F)(F)C(F)(F)C(F)(F)C(F)(F)F)cc2)OC1. The molecule has 1 spiro atoms. The van der Waals surface area contributed by atoms with E-state index in [1.54, 1.807) is 0 Å². The van der Waals surface area contributed by atoms with Crippen LogP contribution in [-0.2, 0) is 19.6 Å². The van der Waals surface area contributed by atoms with Gasteiger partial charge in [0.2, 0.25) is 0 Å². The molecule has 0 amide bonds. The Morgan fingerprint density at radius 1 is 0.754 bits per heavy atom. The highest BCUT2D eigenvalue weighted by Crippen LogP contribution is 2.71. The molecule has 5 aliphatic rings. The Kier molecular flexibility index (Phi) is 9.91. The molecule has 1 aliphatic heterocycles. The zero-order valence-electron chi connectivity index (χ0n) is 30.2. The molecule has 2 N–H and O–H groups in total. The van der Waals surface area contributed by atoms with E-state index in [1.165, 1.54) is 0 Å². The lowest BCUT2D eigenvalue weighted by molar-refractivity contribution is -0.382. The van der Waals surface area contributed by atoms with Crippen LogP contribution in [0.4, 0.5) is 61.5 Å². The largest absolute Gasteiger partial charge is 0.460 e. The second kappa shape index (κ2) is 12.8. The number of hydrogen-bond acceptors (Lipinski definition) is 7. The number of rotatable bonds is 7. The van der Waals surface area contributed by atoms with Gasteiger partial charge in [-0.05, 0) is 73.6 Å². The third-order valence-corrected chi connectivity index (χ3v) is 14.1. The van der Waals surface area contributed by atoms with Crippen LogP contribution < -0.4 is 4.18 Å². The van der Waals surface area contributed by atoms with Crippen LogP contribution in [0.25, 0.3) is 0 Å². The first kappa shape index (κ1) is 44.1. The molecular weight excluding hydrogens is 830 g/mol. The number of aliphatic hydroxyl groups is 2. The third kappa shape index (κ3) is 6.28. The fourth-order valence-electron chi connectivity index (χ4n) is 9.76. The van der Waals surface area contributed by atoms with Gasteiger partial charge in [0.15, 0.2) is 5.79 Å². The highest BCUT2D eigenvalue weighted by molar-refractivity contribution is 7.88. The summed E-state index contributed by atoms with van der Waals surface area (Å²) < 4.78 is 234.